The van der Waals surface area contributed by atoms with Crippen LogP contribution in [0.1, 0.15) is 316 Å². The van der Waals surface area contributed by atoms with Crippen LogP contribution in [0.3, 0.4) is 0 Å². The Hall–Kier alpha value is -1.21. The summed E-state index contributed by atoms with van der Waals surface area (Å²) in [5, 5.41) is 121. The number of carbonyl (C=O) groups is 1. The second kappa shape index (κ2) is 53.9. The summed E-state index contributed by atoms with van der Waals surface area (Å²) in [7, 11) is 0. The topological polar surface area (TPSA) is 307 Å². The SMILES string of the molecule is CCCCCCCCCCCCCCCCCCCCCCCCCCCCC(=O)NC(COC1OC(CO)C(OC2OC(CO)C(OC3OC(CO)C(O)C(O)C3O)C(O)C2O)C(O)C1O)C(O)CCCCCCCCCCCCCCCCCCCCC. The molecule has 0 spiro atoms. The molecule has 1 amide bonds. The van der Waals surface area contributed by atoms with Gasteiger partial charge < -0.3 is 89.9 Å². The highest BCUT2D eigenvalue weighted by molar-refractivity contribution is 5.76. The molecule has 0 aromatic heterocycles. The van der Waals surface area contributed by atoms with Crippen molar-refractivity contribution in [1.29, 1.82) is 0 Å². The van der Waals surface area contributed by atoms with Crippen molar-refractivity contribution in [2.75, 3.05) is 26.4 Å². The molecule has 0 saturated carbocycles. The van der Waals surface area contributed by atoms with Crippen LogP contribution in [0, 0.1) is 0 Å². The Morgan fingerprint density at radius 2 is 0.633 bits per heavy atom. The van der Waals surface area contributed by atoms with E-state index in [4.69, 9.17) is 28.4 Å². The van der Waals surface area contributed by atoms with Gasteiger partial charge in [0.05, 0.1) is 38.6 Å². The number of ether oxygens (including phenoxy) is 6. The van der Waals surface area contributed by atoms with Crippen LogP contribution in [0.4, 0.5) is 0 Å². The molecular formula is C71H137NO18. The van der Waals surface area contributed by atoms with Crippen molar-refractivity contribution in [3.05, 3.63) is 0 Å². The lowest BCUT2D eigenvalue weighted by molar-refractivity contribution is -0.379. The molecule has 3 aliphatic heterocycles. The molecule has 534 valence electrons. The molecule has 12 N–H and O–H groups in total. The van der Waals surface area contributed by atoms with Crippen molar-refractivity contribution in [2.45, 2.75) is 420 Å². The van der Waals surface area contributed by atoms with Gasteiger partial charge in [0.2, 0.25) is 5.91 Å². The lowest BCUT2D eigenvalue weighted by Crippen LogP contribution is -2.66. The Kier molecular flexibility index (Phi) is 49.7. The number of unbranched alkanes of at least 4 members (excludes halogenated alkanes) is 43. The molecule has 19 heteroatoms. The van der Waals surface area contributed by atoms with E-state index in [1.807, 2.05) is 0 Å². The van der Waals surface area contributed by atoms with E-state index in [-0.39, 0.29) is 18.9 Å². The summed E-state index contributed by atoms with van der Waals surface area (Å²) in [6.45, 7) is 1.86. The fourth-order valence-corrected chi connectivity index (χ4v) is 13.1. The number of nitrogens with one attached hydrogen (secondary N) is 1. The highest BCUT2D eigenvalue weighted by atomic mass is 16.8. The van der Waals surface area contributed by atoms with Crippen molar-refractivity contribution in [2.24, 2.45) is 0 Å². The smallest absolute Gasteiger partial charge is 0.220 e. The van der Waals surface area contributed by atoms with Gasteiger partial charge in [-0.1, -0.05) is 296 Å². The van der Waals surface area contributed by atoms with E-state index in [1.54, 1.807) is 0 Å². The van der Waals surface area contributed by atoms with Crippen LogP contribution in [0.15, 0.2) is 0 Å². The van der Waals surface area contributed by atoms with E-state index < -0.39 is 124 Å². The summed E-state index contributed by atoms with van der Waals surface area (Å²) < 4.78 is 34.5. The summed E-state index contributed by atoms with van der Waals surface area (Å²) in [6, 6.07) is -0.882. The zero-order chi connectivity index (χ0) is 65.4. The molecular weight excluding hydrogens is 1150 g/mol. The predicted molar refractivity (Wildman–Crippen MR) is 351 cm³/mol. The molecule has 0 radical (unpaired) electrons. The Labute approximate surface area is 544 Å². The maximum Gasteiger partial charge on any atom is 0.220 e. The molecule has 3 fully saturated rings. The minimum absolute atomic E-state index is 0.234. The van der Waals surface area contributed by atoms with E-state index in [0.29, 0.717) is 12.8 Å². The van der Waals surface area contributed by atoms with Gasteiger partial charge in [-0.2, -0.15) is 0 Å². The molecule has 19 nitrogen and oxygen atoms in total. The average molecular weight is 1290 g/mol. The third-order valence-corrected chi connectivity index (χ3v) is 19.2. The zero-order valence-electron chi connectivity index (χ0n) is 56.7. The van der Waals surface area contributed by atoms with Crippen LogP contribution in [0.5, 0.6) is 0 Å². The quantitative estimate of drug-likeness (QED) is 0.0252. The molecule has 17 unspecified atom stereocenters. The van der Waals surface area contributed by atoms with Gasteiger partial charge in [-0.3, -0.25) is 4.79 Å². The highest BCUT2D eigenvalue weighted by Crippen LogP contribution is 2.33. The lowest BCUT2D eigenvalue weighted by atomic mass is 9.96. The van der Waals surface area contributed by atoms with Gasteiger partial charge >= 0.3 is 0 Å². The molecule has 0 aromatic rings. The minimum atomic E-state index is -1.97. The fourth-order valence-electron chi connectivity index (χ4n) is 13.1. The van der Waals surface area contributed by atoms with Crippen LogP contribution >= 0.6 is 0 Å². The maximum absolute atomic E-state index is 13.5. The van der Waals surface area contributed by atoms with Crippen LogP contribution in [0.2, 0.25) is 0 Å². The largest absolute Gasteiger partial charge is 0.394 e. The Morgan fingerprint density at radius 1 is 0.356 bits per heavy atom. The summed E-state index contributed by atoms with van der Waals surface area (Å²) in [6.07, 6.45) is 31.8. The first kappa shape index (κ1) is 83.0. The van der Waals surface area contributed by atoms with Crippen molar-refractivity contribution < 1.29 is 89.4 Å². The Morgan fingerprint density at radius 3 is 0.967 bits per heavy atom. The second-order valence-electron chi connectivity index (χ2n) is 27.1. The number of rotatable bonds is 59. The van der Waals surface area contributed by atoms with Crippen molar-refractivity contribution in [3.8, 4) is 0 Å². The lowest BCUT2D eigenvalue weighted by Gasteiger charge is -2.48. The molecule has 0 aliphatic carbocycles. The predicted octanol–water partition coefficient (Wildman–Crippen LogP) is 10.7. The normalized spacial score (nSPS) is 27.9. The van der Waals surface area contributed by atoms with E-state index in [2.05, 4.69) is 19.2 Å². The van der Waals surface area contributed by atoms with Gasteiger partial charge in [0, 0.05) is 6.42 Å². The standard InChI is InChI=1S/C71H137NO18/c1-3-5-7-9-11-13-15-17-19-21-23-24-25-26-27-28-29-31-33-35-37-39-41-43-45-47-49-59(77)72-54(55(76)48-46-44-42-40-38-36-34-32-30-22-20-18-16-14-12-10-8-6-4-2)53-85-69-65(83)62(80)67(57(51-74)87-69)90-71-66(84)63(81)68(58(52-75)88-71)89-70-64(82)61(79)60(78)56(50-73)86-70/h54-58,60-71,73-76,78-84H,3-53H2,1-2H3,(H,72,77). The number of hydrogen-bond donors (Lipinski definition) is 12. The van der Waals surface area contributed by atoms with E-state index in [1.165, 1.54) is 238 Å². The van der Waals surface area contributed by atoms with Crippen molar-refractivity contribution >= 4 is 5.91 Å². The van der Waals surface area contributed by atoms with Crippen molar-refractivity contribution in [1.82, 2.24) is 5.32 Å². The molecule has 3 rings (SSSR count). The highest BCUT2D eigenvalue weighted by Gasteiger charge is 2.53. The number of carbonyl (C=O) groups excluding carboxylic acids is 1. The van der Waals surface area contributed by atoms with Crippen LogP contribution in [-0.2, 0) is 33.2 Å². The molecule has 3 saturated heterocycles. The number of aliphatic hydroxyl groups is 11. The first-order valence-corrected chi connectivity index (χ1v) is 37.3. The zero-order valence-corrected chi connectivity index (χ0v) is 56.7. The molecule has 17 atom stereocenters. The molecule has 90 heavy (non-hydrogen) atoms. The van der Waals surface area contributed by atoms with Gasteiger partial charge in [-0.15, -0.1) is 0 Å². The fraction of sp³-hybridized carbons (Fsp3) is 0.986. The third kappa shape index (κ3) is 35.2. The van der Waals surface area contributed by atoms with Gasteiger partial charge in [0.1, 0.15) is 73.2 Å². The Balaban J connectivity index is 1.39. The van der Waals surface area contributed by atoms with Gasteiger partial charge in [0.25, 0.3) is 0 Å². The summed E-state index contributed by atoms with van der Waals surface area (Å²) >= 11 is 0. The van der Waals surface area contributed by atoms with Gasteiger partial charge in [0.15, 0.2) is 18.9 Å². The number of amides is 1. The van der Waals surface area contributed by atoms with Gasteiger partial charge in [-0.25, -0.2) is 0 Å². The van der Waals surface area contributed by atoms with Gasteiger partial charge in [-0.05, 0) is 12.8 Å². The summed E-state index contributed by atoms with van der Waals surface area (Å²) in [5.41, 5.74) is 0. The first-order valence-electron chi connectivity index (χ1n) is 37.3. The summed E-state index contributed by atoms with van der Waals surface area (Å²) in [5.74, 6) is -0.234. The summed E-state index contributed by atoms with van der Waals surface area (Å²) in [4.78, 5) is 13.5. The Bertz CT molecular complexity index is 1640. The average Bonchev–Trinajstić information content (AvgIpc) is 0.866. The van der Waals surface area contributed by atoms with Crippen LogP contribution in [0.25, 0.3) is 0 Å². The first-order chi connectivity index (χ1) is 43.8. The minimum Gasteiger partial charge on any atom is -0.394 e. The third-order valence-electron chi connectivity index (χ3n) is 19.2. The maximum atomic E-state index is 13.5. The molecule has 3 heterocycles. The molecule has 0 bridgehead atoms. The monoisotopic (exact) mass is 1290 g/mol. The number of hydrogen-bond acceptors (Lipinski definition) is 18. The molecule has 0 aromatic carbocycles. The van der Waals surface area contributed by atoms with E-state index >= 15 is 0 Å². The van der Waals surface area contributed by atoms with Crippen LogP contribution < -0.4 is 5.32 Å². The second-order valence-corrected chi connectivity index (χ2v) is 27.1. The number of aliphatic hydroxyl groups excluding tert-OH is 11. The van der Waals surface area contributed by atoms with E-state index in [0.717, 1.165) is 44.9 Å². The van der Waals surface area contributed by atoms with Crippen LogP contribution in [-0.4, -0.2) is 193 Å². The van der Waals surface area contributed by atoms with Crippen molar-refractivity contribution in [3.63, 3.8) is 0 Å². The molecule has 3 aliphatic rings. The van der Waals surface area contributed by atoms with E-state index in [9.17, 15) is 61.0 Å².